The lowest BCUT2D eigenvalue weighted by atomic mass is 9.97. The number of benzene rings is 1. The maximum Gasteiger partial charge on any atom is 0.160 e. The minimum atomic E-state index is 0.319. The summed E-state index contributed by atoms with van der Waals surface area (Å²) in [4.78, 5) is 4.60. The summed E-state index contributed by atoms with van der Waals surface area (Å²) in [5.41, 5.74) is 1.54. The first kappa shape index (κ1) is 16.0. The number of rotatable bonds is 5. The van der Waals surface area contributed by atoms with E-state index in [4.69, 9.17) is 9.47 Å². The quantitative estimate of drug-likeness (QED) is 0.908. The highest BCUT2D eigenvalue weighted by atomic mass is 32.2. The molecule has 4 nitrogen and oxygen atoms in total. The third kappa shape index (κ3) is 4.56. The summed E-state index contributed by atoms with van der Waals surface area (Å²) in [6.07, 6.45) is 0.934. The molecule has 0 atom stereocenters. The molecule has 0 aliphatic carbocycles. The Kier molecular flexibility index (Phi) is 5.39. The van der Waals surface area contributed by atoms with Crippen LogP contribution in [0.25, 0.3) is 0 Å². The average Bonchev–Trinajstić information content (AvgIpc) is 2.48. The second-order valence-corrected chi connectivity index (χ2v) is 6.90. The third-order valence-electron chi connectivity index (χ3n) is 3.39. The van der Waals surface area contributed by atoms with Gasteiger partial charge in [-0.2, -0.15) is 0 Å². The van der Waals surface area contributed by atoms with Crippen LogP contribution in [0, 0.1) is 5.41 Å². The molecule has 0 spiro atoms. The van der Waals surface area contributed by atoms with Crippen molar-refractivity contribution >= 4 is 16.9 Å². The Labute approximate surface area is 131 Å². The van der Waals surface area contributed by atoms with Gasteiger partial charge in [0.05, 0.1) is 14.2 Å². The van der Waals surface area contributed by atoms with Crippen molar-refractivity contribution in [3.05, 3.63) is 23.8 Å². The fourth-order valence-electron chi connectivity index (χ4n) is 2.10. The summed E-state index contributed by atoms with van der Waals surface area (Å²) in [6.45, 7) is 6.29. The van der Waals surface area contributed by atoms with Crippen molar-refractivity contribution in [1.29, 1.82) is 0 Å². The zero-order valence-electron chi connectivity index (χ0n) is 13.2. The molecule has 1 heterocycles. The van der Waals surface area contributed by atoms with Gasteiger partial charge in [0.2, 0.25) is 0 Å². The van der Waals surface area contributed by atoms with Crippen LogP contribution in [0.1, 0.15) is 19.4 Å². The highest BCUT2D eigenvalue weighted by Crippen LogP contribution is 2.28. The molecule has 1 aromatic carbocycles. The van der Waals surface area contributed by atoms with Crippen molar-refractivity contribution in [2.45, 2.75) is 20.3 Å². The van der Waals surface area contributed by atoms with Crippen molar-refractivity contribution in [3.8, 4) is 11.5 Å². The number of nitrogens with zero attached hydrogens (tertiary/aromatic N) is 1. The molecule has 0 saturated carbocycles. The molecular weight excluding hydrogens is 284 g/mol. The second kappa shape index (κ2) is 7.07. The van der Waals surface area contributed by atoms with Crippen molar-refractivity contribution < 1.29 is 9.47 Å². The van der Waals surface area contributed by atoms with Crippen LogP contribution in [0.2, 0.25) is 0 Å². The molecule has 116 valence electrons. The average molecular weight is 308 g/mol. The van der Waals surface area contributed by atoms with Gasteiger partial charge >= 0.3 is 0 Å². The summed E-state index contributed by atoms with van der Waals surface area (Å²) in [5.74, 6) is 2.67. The van der Waals surface area contributed by atoms with Gasteiger partial charge in [0, 0.05) is 18.8 Å². The van der Waals surface area contributed by atoms with Crippen molar-refractivity contribution in [2.75, 3.05) is 33.1 Å². The van der Waals surface area contributed by atoms with E-state index in [1.165, 1.54) is 5.56 Å². The molecule has 5 heteroatoms. The van der Waals surface area contributed by atoms with E-state index < -0.39 is 0 Å². The molecule has 0 fully saturated rings. The molecule has 1 N–H and O–H groups in total. The fourth-order valence-corrected chi connectivity index (χ4v) is 3.08. The van der Waals surface area contributed by atoms with Crippen LogP contribution in [0.3, 0.4) is 0 Å². The van der Waals surface area contributed by atoms with Crippen LogP contribution >= 0.6 is 11.8 Å². The summed E-state index contributed by atoms with van der Waals surface area (Å²) in [7, 11) is 3.31. The zero-order chi connectivity index (χ0) is 15.3. The van der Waals surface area contributed by atoms with E-state index in [0.717, 1.165) is 41.9 Å². The van der Waals surface area contributed by atoms with Gasteiger partial charge in [0.1, 0.15) is 0 Å². The van der Waals surface area contributed by atoms with Crippen LogP contribution in [0.5, 0.6) is 11.5 Å². The Bertz CT molecular complexity index is 515. The van der Waals surface area contributed by atoms with Gasteiger partial charge in [0.15, 0.2) is 16.7 Å². The monoisotopic (exact) mass is 308 g/mol. The molecule has 0 saturated heterocycles. The topological polar surface area (TPSA) is 42.8 Å². The van der Waals surface area contributed by atoms with Gasteiger partial charge in [-0.15, -0.1) is 0 Å². The zero-order valence-corrected chi connectivity index (χ0v) is 14.0. The first-order valence-corrected chi connectivity index (χ1v) is 8.15. The highest BCUT2D eigenvalue weighted by molar-refractivity contribution is 8.13. The molecule has 1 aromatic rings. The standard InChI is InChI=1S/C16H24N2O2S/c1-16(2)10-18-15(21-11-16)17-8-7-12-5-6-13(19-3)14(9-12)20-4/h5-6,9H,7-8,10-11H2,1-4H3,(H,17,18). The van der Waals surface area contributed by atoms with E-state index in [2.05, 4.69) is 30.2 Å². The lowest BCUT2D eigenvalue weighted by molar-refractivity contribution is 0.354. The smallest absolute Gasteiger partial charge is 0.160 e. The number of thioether (sulfide) groups is 1. The van der Waals surface area contributed by atoms with E-state index in [-0.39, 0.29) is 0 Å². The van der Waals surface area contributed by atoms with Crippen LogP contribution in [0.4, 0.5) is 0 Å². The Hall–Kier alpha value is -1.36. The molecule has 2 rings (SSSR count). The summed E-state index contributed by atoms with van der Waals surface area (Å²) < 4.78 is 10.6. The summed E-state index contributed by atoms with van der Waals surface area (Å²) in [5, 5.41) is 4.48. The Balaban J connectivity index is 1.85. The van der Waals surface area contributed by atoms with Gasteiger partial charge in [-0.05, 0) is 29.5 Å². The SMILES string of the molecule is COc1ccc(CCNC2=NCC(C)(C)CS2)cc1OC. The number of ether oxygens (including phenoxy) is 2. The largest absolute Gasteiger partial charge is 0.493 e. The minimum Gasteiger partial charge on any atom is -0.493 e. The van der Waals surface area contributed by atoms with Gasteiger partial charge in [-0.25, -0.2) is 0 Å². The van der Waals surface area contributed by atoms with Crippen LogP contribution in [-0.4, -0.2) is 38.2 Å². The Morgan fingerprint density at radius 1 is 1.24 bits per heavy atom. The third-order valence-corrected chi connectivity index (χ3v) is 4.86. The number of amidine groups is 1. The van der Waals surface area contributed by atoms with Crippen LogP contribution in [0.15, 0.2) is 23.2 Å². The normalized spacial score (nSPS) is 17.0. The van der Waals surface area contributed by atoms with Crippen LogP contribution in [-0.2, 0) is 6.42 Å². The van der Waals surface area contributed by atoms with Crippen LogP contribution < -0.4 is 14.8 Å². The van der Waals surface area contributed by atoms with E-state index in [0.29, 0.717) is 5.41 Å². The van der Waals surface area contributed by atoms with E-state index >= 15 is 0 Å². The summed E-state index contributed by atoms with van der Waals surface area (Å²) in [6, 6.07) is 6.05. The molecule has 21 heavy (non-hydrogen) atoms. The Morgan fingerprint density at radius 2 is 2.00 bits per heavy atom. The molecule has 1 aliphatic heterocycles. The number of hydrogen-bond donors (Lipinski definition) is 1. The van der Waals surface area contributed by atoms with E-state index in [9.17, 15) is 0 Å². The lowest BCUT2D eigenvalue weighted by Crippen LogP contribution is -2.32. The molecule has 1 aliphatic rings. The lowest BCUT2D eigenvalue weighted by Gasteiger charge is -2.27. The molecule has 0 aromatic heterocycles. The van der Waals surface area contributed by atoms with E-state index in [1.54, 1.807) is 14.2 Å². The number of aliphatic imine (C=N–C) groups is 1. The highest BCUT2D eigenvalue weighted by Gasteiger charge is 2.23. The second-order valence-electron chi connectivity index (χ2n) is 5.94. The number of methoxy groups -OCH3 is 2. The maximum absolute atomic E-state index is 5.32. The van der Waals surface area contributed by atoms with E-state index in [1.807, 2.05) is 23.9 Å². The predicted molar refractivity (Wildman–Crippen MR) is 89.8 cm³/mol. The number of nitrogens with one attached hydrogen (secondary N) is 1. The van der Waals surface area contributed by atoms with Gasteiger partial charge < -0.3 is 14.8 Å². The summed E-state index contributed by atoms with van der Waals surface area (Å²) >= 11 is 1.81. The molecular formula is C16H24N2O2S. The van der Waals surface area contributed by atoms with Gasteiger partial charge in [0.25, 0.3) is 0 Å². The molecule has 0 amide bonds. The molecule has 0 radical (unpaired) electrons. The van der Waals surface area contributed by atoms with Gasteiger partial charge in [-0.3, -0.25) is 4.99 Å². The minimum absolute atomic E-state index is 0.319. The van der Waals surface area contributed by atoms with Crippen molar-refractivity contribution in [2.24, 2.45) is 10.4 Å². The Morgan fingerprint density at radius 3 is 2.62 bits per heavy atom. The molecule has 0 unspecified atom stereocenters. The first-order valence-electron chi connectivity index (χ1n) is 7.16. The molecule has 0 bridgehead atoms. The van der Waals surface area contributed by atoms with Crippen molar-refractivity contribution in [3.63, 3.8) is 0 Å². The maximum atomic E-state index is 5.32. The predicted octanol–water partition coefficient (Wildman–Crippen LogP) is 2.96. The number of hydrogen-bond acceptors (Lipinski definition) is 5. The fraction of sp³-hybridized carbons (Fsp3) is 0.562. The first-order chi connectivity index (χ1) is 10.0. The van der Waals surface area contributed by atoms with Crippen molar-refractivity contribution in [1.82, 2.24) is 5.32 Å². The van der Waals surface area contributed by atoms with Gasteiger partial charge in [-0.1, -0.05) is 31.7 Å².